The number of carbonyl (C=O) groups excluding carboxylic acids is 1. The zero-order valence-electron chi connectivity index (χ0n) is 9.83. The normalized spacial score (nSPS) is 15.3. The molecule has 0 N–H and O–H groups in total. The lowest BCUT2D eigenvalue weighted by molar-refractivity contribution is 0.0600. The van der Waals surface area contributed by atoms with Crippen molar-refractivity contribution < 1.29 is 4.79 Å². The number of carbonyl (C=O) groups is 1. The van der Waals surface area contributed by atoms with Gasteiger partial charge < -0.3 is 4.90 Å². The van der Waals surface area contributed by atoms with Crippen molar-refractivity contribution in [3.8, 4) is 0 Å². The third kappa shape index (κ3) is 3.01. The fourth-order valence-corrected chi connectivity index (χ4v) is 2.93. The molecule has 1 aromatic carbocycles. The molecule has 0 heterocycles. The minimum Gasteiger partial charge on any atom is -0.335 e. The summed E-state index contributed by atoms with van der Waals surface area (Å²) in [5, 5.41) is 1.75. The number of amides is 1. The van der Waals surface area contributed by atoms with Crippen LogP contribution in [0.25, 0.3) is 0 Å². The highest BCUT2D eigenvalue weighted by Gasteiger charge is 2.29. The zero-order valence-corrected chi connectivity index (χ0v) is 12.9. The third-order valence-electron chi connectivity index (χ3n) is 3.26. The first-order chi connectivity index (χ1) is 8.63. The van der Waals surface area contributed by atoms with Gasteiger partial charge in [-0.1, -0.05) is 39.1 Å². The molecule has 0 atom stereocenters. The van der Waals surface area contributed by atoms with Crippen LogP contribution >= 0.6 is 39.1 Å². The fraction of sp³-hybridized carbons (Fsp3) is 0.462. The molecule has 18 heavy (non-hydrogen) atoms. The van der Waals surface area contributed by atoms with Crippen LogP contribution in [0.5, 0.6) is 0 Å². The minimum absolute atomic E-state index is 0.000756. The summed E-state index contributed by atoms with van der Waals surface area (Å²) in [5.74, 6) is 0.000756. The first kappa shape index (κ1) is 14.2. The first-order valence-corrected chi connectivity index (χ1v) is 7.83. The van der Waals surface area contributed by atoms with Crippen molar-refractivity contribution in [1.29, 1.82) is 0 Å². The predicted molar refractivity (Wildman–Crippen MR) is 78.9 cm³/mol. The summed E-state index contributed by atoms with van der Waals surface area (Å²) in [4.78, 5) is 14.4. The summed E-state index contributed by atoms with van der Waals surface area (Å²) in [6.07, 6.45) is 3.37. The van der Waals surface area contributed by atoms with Crippen LogP contribution in [0.15, 0.2) is 18.2 Å². The Morgan fingerprint density at radius 3 is 2.61 bits per heavy atom. The van der Waals surface area contributed by atoms with E-state index in [-0.39, 0.29) is 5.91 Å². The van der Waals surface area contributed by atoms with Crippen LogP contribution in [0.3, 0.4) is 0 Å². The molecule has 1 amide bonds. The van der Waals surface area contributed by atoms with E-state index in [1.807, 2.05) is 4.90 Å². The van der Waals surface area contributed by atoms with Crippen LogP contribution in [0.4, 0.5) is 0 Å². The molecule has 0 spiro atoms. The predicted octanol–water partition coefficient (Wildman–Crippen LogP) is 4.38. The van der Waals surface area contributed by atoms with Gasteiger partial charge in [-0.05, 0) is 37.5 Å². The van der Waals surface area contributed by atoms with E-state index in [1.165, 1.54) is 6.42 Å². The molecule has 98 valence electrons. The Morgan fingerprint density at radius 1 is 1.39 bits per heavy atom. The average molecular weight is 351 g/mol. The van der Waals surface area contributed by atoms with E-state index >= 15 is 0 Å². The van der Waals surface area contributed by atoms with Crippen LogP contribution in [-0.4, -0.2) is 28.7 Å². The lowest BCUT2D eigenvalue weighted by Gasteiger charge is -2.37. The highest BCUT2D eigenvalue weighted by Crippen LogP contribution is 2.28. The van der Waals surface area contributed by atoms with Gasteiger partial charge in [0.25, 0.3) is 5.91 Å². The Kier molecular flexibility index (Phi) is 4.93. The van der Waals surface area contributed by atoms with Gasteiger partial charge in [0.1, 0.15) is 0 Å². The molecule has 1 aromatic rings. The van der Waals surface area contributed by atoms with Gasteiger partial charge >= 0.3 is 0 Å². The van der Waals surface area contributed by atoms with Crippen molar-refractivity contribution in [2.24, 2.45) is 0 Å². The van der Waals surface area contributed by atoms with Crippen LogP contribution in [0, 0.1) is 0 Å². The second-order valence-corrected chi connectivity index (χ2v) is 6.03. The van der Waals surface area contributed by atoms with Crippen molar-refractivity contribution in [2.45, 2.75) is 25.3 Å². The maximum Gasteiger partial charge on any atom is 0.255 e. The molecular weight excluding hydrogens is 337 g/mol. The molecule has 0 bridgehead atoms. The Morgan fingerprint density at radius 2 is 2.11 bits per heavy atom. The molecule has 1 fully saturated rings. The lowest BCUT2D eigenvalue weighted by Crippen LogP contribution is -2.45. The topological polar surface area (TPSA) is 20.3 Å². The number of alkyl halides is 1. The molecule has 0 saturated heterocycles. The second kappa shape index (κ2) is 6.27. The summed E-state index contributed by atoms with van der Waals surface area (Å²) in [6, 6.07) is 5.38. The van der Waals surface area contributed by atoms with Crippen LogP contribution in [0.2, 0.25) is 10.0 Å². The summed E-state index contributed by atoms with van der Waals surface area (Å²) in [7, 11) is 0. The van der Waals surface area contributed by atoms with Gasteiger partial charge in [0.05, 0.1) is 10.6 Å². The molecular formula is C13H14BrCl2NO. The number of hydrogen-bond donors (Lipinski definition) is 0. The third-order valence-corrected chi connectivity index (χ3v) is 4.17. The fourth-order valence-electron chi connectivity index (χ4n) is 2.06. The summed E-state index contributed by atoms with van der Waals surface area (Å²) >= 11 is 15.3. The van der Waals surface area contributed by atoms with Gasteiger partial charge in [0, 0.05) is 22.9 Å². The highest BCUT2D eigenvalue weighted by atomic mass is 79.9. The summed E-state index contributed by atoms with van der Waals surface area (Å²) < 4.78 is 0. The first-order valence-electron chi connectivity index (χ1n) is 5.95. The van der Waals surface area contributed by atoms with Crippen LogP contribution in [0.1, 0.15) is 29.6 Å². The Labute approximate surface area is 125 Å². The molecule has 2 rings (SSSR count). The monoisotopic (exact) mass is 349 g/mol. The highest BCUT2D eigenvalue weighted by molar-refractivity contribution is 9.09. The largest absolute Gasteiger partial charge is 0.335 e. The number of benzene rings is 1. The van der Waals surface area contributed by atoms with E-state index in [4.69, 9.17) is 23.2 Å². The maximum absolute atomic E-state index is 12.5. The number of halogens is 3. The molecule has 0 aromatic heterocycles. The van der Waals surface area contributed by atoms with Gasteiger partial charge in [-0.15, -0.1) is 0 Å². The molecule has 2 nitrogen and oxygen atoms in total. The van der Waals surface area contributed by atoms with Crippen LogP contribution < -0.4 is 0 Å². The SMILES string of the molecule is O=C(c1ccc(Cl)cc1Cl)N(CCBr)C1CCC1. The van der Waals surface area contributed by atoms with E-state index in [9.17, 15) is 4.79 Å². The number of hydrogen-bond acceptors (Lipinski definition) is 1. The molecule has 1 aliphatic rings. The molecule has 1 aliphatic carbocycles. The quantitative estimate of drug-likeness (QED) is 0.738. The van der Waals surface area contributed by atoms with Crippen molar-refractivity contribution in [2.75, 3.05) is 11.9 Å². The van der Waals surface area contributed by atoms with Gasteiger partial charge in [0.15, 0.2) is 0 Å². The van der Waals surface area contributed by atoms with E-state index in [0.717, 1.165) is 18.2 Å². The average Bonchev–Trinajstić information content (AvgIpc) is 2.25. The van der Waals surface area contributed by atoms with E-state index in [1.54, 1.807) is 18.2 Å². The van der Waals surface area contributed by atoms with Crippen molar-refractivity contribution in [3.05, 3.63) is 33.8 Å². The Balaban J connectivity index is 2.21. The standard InChI is InChI=1S/C13H14BrCl2NO/c14-6-7-17(10-2-1-3-10)13(18)11-5-4-9(15)8-12(11)16/h4-5,8,10H,1-3,6-7H2. The van der Waals surface area contributed by atoms with Gasteiger partial charge in [0.2, 0.25) is 0 Å². The van der Waals surface area contributed by atoms with E-state index in [0.29, 0.717) is 28.2 Å². The van der Waals surface area contributed by atoms with Gasteiger partial charge in [-0.25, -0.2) is 0 Å². The molecule has 1 saturated carbocycles. The lowest BCUT2D eigenvalue weighted by atomic mass is 9.91. The summed E-state index contributed by atoms with van der Waals surface area (Å²) in [5.41, 5.74) is 0.536. The summed E-state index contributed by atoms with van der Waals surface area (Å²) in [6.45, 7) is 0.711. The zero-order chi connectivity index (χ0) is 13.1. The van der Waals surface area contributed by atoms with Crippen molar-refractivity contribution in [1.82, 2.24) is 4.90 Å². The maximum atomic E-state index is 12.5. The minimum atomic E-state index is 0.000756. The second-order valence-electron chi connectivity index (χ2n) is 4.40. The van der Waals surface area contributed by atoms with Gasteiger partial charge in [-0.3, -0.25) is 4.79 Å². The van der Waals surface area contributed by atoms with E-state index < -0.39 is 0 Å². The number of nitrogens with zero attached hydrogens (tertiary/aromatic N) is 1. The molecule has 5 heteroatoms. The molecule has 0 aliphatic heterocycles. The molecule has 0 unspecified atom stereocenters. The van der Waals surface area contributed by atoms with Crippen molar-refractivity contribution in [3.63, 3.8) is 0 Å². The van der Waals surface area contributed by atoms with Gasteiger partial charge in [-0.2, -0.15) is 0 Å². The van der Waals surface area contributed by atoms with Crippen LogP contribution in [-0.2, 0) is 0 Å². The smallest absolute Gasteiger partial charge is 0.255 e. The van der Waals surface area contributed by atoms with Crippen molar-refractivity contribution >= 4 is 45.0 Å². The molecule has 0 radical (unpaired) electrons. The van der Waals surface area contributed by atoms with E-state index in [2.05, 4.69) is 15.9 Å². The Bertz CT molecular complexity index is 449. The Hall–Kier alpha value is -0.250. The number of rotatable bonds is 4.